The number of aromatic nitrogens is 4. The third-order valence-electron chi connectivity index (χ3n) is 5.78. The van der Waals surface area contributed by atoms with E-state index in [0.29, 0.717) is 29.3 Å². The molecule has 2 aliphatic rings. The standard InChI is InChI=1S/C23H18N4O3S/c1-29-14-9-7-13(8-10-14)18-19-15(28)4-2-5-16(19)30-23-20(18)22-25-21(17-6-3-11-31-17)26-27(22)12-24-23/h3,6-12,18H,2,4-5H2,1H3. The molecular weight excluding hydrogens is 412 g/mol. The number of nitrogens with zero attached hydrogens (tertiary/aromatic N) is 4. The van der Waals surface area contributed by atoms with Gasteiger partial charge in [0.05, 0.1) is 17.6 Å². The Kier molecular flexibility index (Phi) is 4.14. The smallest absolute Gasteiger partial charge is 0.228 e. The number of carbonyl (C=O) groups is 1. The Balaban J connectivity index is 1.60. The SMILES string of the molecule is COc1ccc(C2C3=C(CCCC3=O)Oc3ncn4nc(-c5cccs5)nc4c32)cc1. The summed E-state index contributed by atoms with van der Waals surface area (Å²) >= 11 is 1.58. The number of benzene rings is 1. The van der Waals surface area contributed by atoms with Gasteiger partial charge in [0.15, 0.2) is 17.3 Å². The fraction of sp³-hybridized carbons (Fsp3) is 0.217. The van der Waals surface area contributed by atoms with E-state index in [2.05, 4.69) is 10.1 Å². The molecule has 0 spiro atoms. The Morgan fingerprint density at radius 1 is 1.19 bits per heavy atom. The van der Waals surface area contributed by atoms with Crippen LogP contribution in [0.2, 0.25) is 0 Å². The zero-order valence-electron chi connectivity index (χ0n) is 16.7. The van der Waals surface area contributed by atoms with Gasteiger partial charge in [0.2, 0.25) is 5.88 Å². The van der Waals surface area contributed by atoms with Crippen molar-refractivity contribution in [2.75, 3.05) is 7.11 Å². The maximum atomic E-state index is 13.0. The molecule has 8 heteroatoms. The molecule has 0 radical (unpaired) electrons. The largest absolute Gasteiger partial charge is 0.497 e. The van der Waals surface area contributed by atoms with Gasteiger partial charge >= 0.3 is 0 Å². The van der Waals surface area contributed by atoms with E-state index < -0.39 is 0 Å². The monoisotopic (exact) mass is 430 g/mol. The summed E-state index contributed by atoms with van der Waals surface area (Å²) in [4.78, 5) is 23.4. The van der Waals surface area contributed by atoms with Crippen LogP contribution in [0.4, 0.5) is 0 Å². The van der Waals surface area contributed by atoms with Gasteiger partial charge in [-0.2, -0.15) is 0 Å². The second-order valence-electron chi connectivity index (χ2n) is 7.57. The van der Waals surface area contributed by atoms with Crippen LogP contribution in [0.3, 0.4) is 0 Å². The van der Waals surface area contributed by atoms with E-state index in [4.69, 9.17) is 14.5 Å². The van der Waals surface area contributed by atoms with E-state index in [0.717, 1.165) is 40.4 Å². The van der Waals surface area contributed by atoms with Crippen LogP contribution in [-0.4, -0.2) is 32.5 Å². The van der Waals surface area contributed by atoms with Crippen LogP contribution in [0, 0.1) is 0 Å². The average Bonchev–Trinajstić information content (AvgIpc) is 3.48. The van der Waals surface area contributed by atoms with Gasteiger partial charge in [0.25, 0.3) is 0 Å². The van der Waals surface area contributed by atoms with Crippen LogP contribution in [0.1, 0.15) is 36.3 Å². The molecule has 0 saturated heterocycles. The molecule has 31 heavy (non-hydrogen) atoms. The van der Waals surface area contributed by atoms with Gasteiger partial charge in [-0.25, -0.2) is 14.5 Å². The molecule has 1 aliphatic heterocycles. The number of hydrogen-bond acceptors (Lipinski definition) is 7. The summed E-state index contributed by atoms with van der Waals surface area (Å²) < 4.78 is 13.2. The Morgan fingerprint density at radius 2 is 2.06 bits per heavy atom. The van der Waals surface area contributed by atoms with Crippen molar-refractivity contribution in [3.63, 3.8) is 0 Å². The summed E-state index contributed by atoms with van der Waals surface area (Å²) in [5, 5.41) is 6.61. The molecule has 0 amide bonds. The molecule has 154 valence electrons. The lowest BCUT2D eigenvalue weighted by molar-refractivity contribution is -0.116. The quantitative estimate of drug-likeness (QED) is 0.480. The first kappa shape index (κ1) is 18.3. The number of hydrogen-bond donors (Lipinski definition) is 0. The lowest BCUT2D eigenvalue weighted by Gasteiger charge is -2.32. The summed E-state index contributed by atoms with van der Waals surface area (Å²) in [5.74, 6) is 2.42. The number of thiophene rings is 1. The van der Waals surface area contributed by atoms with E-state index in [1.165, 1.54) is 0 Å². The highest BCUT2D eigenvalue weighted by atomic mass is 32.1. The van der Waals surface area contributed by atoms with Crippen molar-refractivity contribution in [2.45, 2.75) is 25.2 Å². The fourth-order valence-electron chi connectivity index (χ4n) is 4.36. The number of ether oxygens (including phenoxy) is 2. The minimum atomic E-state index is -0.311. The predicted molar refractivity (Wildman–Crippen MR) is 115 cm³/mol. The van der Waals surface area contributed by atoms with Gasteiger partial charge in [-0.15, -0.1) is 16.4 Å². The molecule has 1 unspecified atom stereocenters. The molecule has 1 aromatic carbocycles. The van der Waals surface area contributed by atoms with Crippen LogP contribution < -0.4 is 9.47 Å². The third-order valence-corrected chi connectivity index (χ3v) is 6.65. The summed E-state index contributed by atoms with van der Waals surface area (Å²) in [6, 6.07) is 11.8. The number of carbonyl (C=O) groups excluding carboxylic acids is 1. The van der Waals surface area contributed by atoms with E-state index in [1.54, 1.807) is 29.3 Å². The molecule has 0 N–H and O–H groups in total. The molecule has 0 bridgehead atoms. The van der Waals surface area contributed by atoms with E-state index in [9.17, 15) is 4.79 Å². The minimum absolute atomic E-state index is 0.118. The van der Waals surface area contributed by atoms with Crippen molar-refractivity contribution in [3.05, 3.63) is 70.6 Å². The minimum Gasteiger partial charge on any atom is -0.497 e. The average molecular weight is 430 g/mol. The zero-order chi connectivity index (χ0) is 20.9. The van der Waals surface area contributed by atoms with Gasteiger partial charge in [0.1, 0.15) is 17.8 Å². The number of rotatable bonds is 3. The van der Waals surface area contributed by atoms with Crippen molar-refractivity contribution >= 4 is 22.8 Å². The fourth-order valence-corrected chi connectivity index (χ4v) is 5.01. The summed E-state index contributed by atoms with van der Waals surface area (Å²) in [6.07, 6.45) is 3.67. The van der Waals surface area contributed by atoms with Gasteiger partial charge in [0, 0.05) is 24.3 Å². The maximum absolute atomic E-state index is 13.0. The van der Waals surface area contributed by atoms with Crippen LogP contribution in [-0.2, 0) is 4.79 Å². The molecule has 0 fully saturated rings. The Morgan fingerprint density at radius 3 is 2.84 bits per heavy atom. The van der Waals surface area contributed by atoms with Gasteiger partial charge < -0.3 is 9.47 Å². The number of ketones is 1. The van der Waals surface area contributed by atoms with Gasteiger partial charge in [-0.1, -0.05) is 18.2 Å². The summed E-state index contributed by atoms with van der Waals surface area (Å²) in [7, 11) is 1.64. The second-order valence-corrected chi connectivity index (χ2v) is 8.51. The van der Waals surface area contributed by atoms with Crippen molar-refractivity contribution in [1.29, 1.82) is 0 Å². The Bertz CT molecular complexity index is 1340. The molecule has 0 saturated carbocycles. The molecule has 7 nitrogen and oxygen atoms in total. The normalized spacial score (nSPS) is 18.0. The second kappa shape index (κ2) is 7.02. The number of methoxy groups -OCH3 is 1. The van der Waals surface area contributed by atoms with Crippen molar-refractivity contribution in [2.24, 2.45) is 0 Å². The highest BCUT2D eigenvalue weighted by molar-refractivity contribution is 7.13. The van der Waals surface area contributed by atoms with E-state index in [1.807, 2.05) is 41.8 Å². The van der Waals surface area contributed by atoms with Crippen molar-refractivity contribution in [3.8, 4) is 22.3 Å². The Hall–Kier alpha value is -3.52. The van der Waals surface area contributed by atoms with Crippen LogP contribution in [0.5, 0.6) is 11.6 Å². The zero-order valence-corrected chi connectivity index (χ0v) is 17.6. The lowest BCUT2D eigenvalue weighted by atomic mass is 9.78. The first-order valence-electron chi connectivity index (χ1n) is 10.1. The van der Waals surface area contributed by atoms with Gasteiger partial charge in [-0.3, -0.25) is 4.79 Å². The van der Waals surface area contributed by atoms with Gasteiger partial charge in [-0.05, 0) is 35.6 Å². The molecule has 4 aromatic rings. The molecule has 1 atom stereocenters. The van der Waals surface area contributed by atoms with E-state index in [-0.39, 0.29) is 11.7 Å². The first-order valence-corrected chi connectivity index (χ1v) is 11.0. The summed E-state index contributed by atoms with van der Waals surface area (Å²) in [5.41, 5.74) is 3.11. The molecule has 4 heterocycles. The van der Waals surface area contributed by atoms with Crippen LogP contribution in [0.25, 0.3) is 16.3 Å². The van der Waals surface area contributed by atoms with Crippen molar-refractivity contribution < 1.29 is 14.3 Å². The number of fused-ring (bicyclic) bond motifs is 3. The lowest BCUT2D eigenvalue weighted by Crippen LogP contribution is -2.26. The predicted octanol–water partition coefficient (Wildman–Crippen LogP) is 4.39. The first-order chi connectivity index (χ1) is 15.2. The summed E-state index contributed by atoms with van der Waals surface area (Å²) in [6.45, 7) is 0. The molecule has 3 aromatic heterocycles. The Labute approximate surface area is 182 Å². The molecule has 6 rings (SSSR count). The van der Waals surface area contributed by atoms with Crippen LogP contribution in [0.15, 0.2) is 59.4 Å². The maximum Gasteiger partial charge on any atom is 0.228 e. The molecule has 1 aliphatic carbocycles. The highest BCUT2D eigenvalue weighted by Crippen LogP contribution is 2.47. The number of allylic oxidation sites excluding steroid dienone is 2. The molecular formula is C23H18N4O3S. The topological polar surface area (TPSA) is 78.6 Å². The third kappa shape index (κ3) is 2.86. The number of Topliss-reactive ketones (excluding diaryl/α,β-unsaturated/α-hetero) is 1. The van der Waals surface area contributed by atoms with E-state index >= 15 is 0 Å². The van der Waals surface area contributed by atoms with Crippen LogP contribution >= 0.6 is 11.3 Å². The highest BCUT2D eigenvalue weighted by Gasteiger charge is 2.39. The van der Waals surface area contributed by atoms with Crippen molar-refractivity contribution in [1.82, 2.24) is 19.6 Å².